The molecule has 2 aliphatic heterocycles. The van der Waals surface area contributed by atoms with E-state index in [-0.39, 0.29) is 30.3 Å². The van der Waals surface area contributed by atoms with Gasteiger partial charge in [0.25, 0.3) is 0 Å². The van der Waals surface area contributed by atoms with E-state index < -0.39 is 17.3 Å². The zero-order valence-electron chi connectivity index (χ0n) is 18.1. The number of nitriles is 1. The molecule has 3 aliphatic rings. The molecule has 34 heavy (non-hydrogen) atoms. The minimum atomic E-state index is -0.569. The van der Waals surface area contributed by atoms with Gasteiger partial charge in [0.05, 0.1) is 35.6 Å². The van der Waals surface area contributed by atoms with E-state index in [1.54, 1.807) is 18.3 Å². The Hall–Kier alpha value is -3.48. The summed E-state index contributed by atoms with van der Waals surface area (Å²) in [5, 5.41) is 23.5. The fourth-order valence-corrected chi connectivity index (χ4v) is 5.54. The van der Waals surface area contributed by atoms with Gasteiger partial charge in [0.1, 0.15) is 11.9 Å². The van der Waals surface area contributed by atoms with Crippen molar-refractivity contribution in [2.45, 2.75) is 17.9 Å². The molecule has 1 aliphatic carbocycles. The first kappa shape index (κ1) is 22.3. The van der Waals surface area contributed by atoms with Gasteiger partial charge in [-0.1, -0.05) is 29.5 Å². The van der Waals surface area contributed by atoms with Gasteiger partial charge in [-0.05, 0) is 29.3 Å². The van der Waals surface area contributed by atoms with Gasteiger partial charge < -0.3 is 10.1 Å². The smallest absolute Gasteiger partial charge is 0.414 e. The predicted octanol–water partition coefficient (Wildman–Crippen LogP) is 3.21. The number of piperidine rings is 1. The first-order valence-electron chi connectivity index (χ1n) is 11.0. The second-order valence-electron chi connectivity index (χ2n) is 8.86. The van der Waals surface area contributed by atoms with Crippen LogP contribution in [0.15, 0.2) is 48.7 Å². The van der Waals surface area contributed by atoms with E-state index in [0.29, 0.717) is 24.2 Å². The van der Waals surface area contributed by atoms with Crippen LogP contribution < -0.4 is 10.2 Å². The molecule has 1 unspecified atom stereocenters. The zero-order valence-corrected chi connectivity index (χ0v) is 18.9. The molecule has 1 aromatic heterocycles. The quantitative estimate of drug-likeness (QED) is 0.580. The number of anilines is 1. The summed E-state index contributed by atoms with van der Waals surface area (Å²) >= 11 is 0. The number of halogens is 2. The molecule has 174 valence electrons. The van der Waals surface area contributed by atoms with E-state index in [2.05, 4.69) is 26.8 Å². The first-order chi connectivity index (χ1) is 16.1. The van der Waals surface area contributed by atoms with E-state index in [0.717, 1.165) is 29.9 Å². The Morgan fingerprint density at radius 3 is 2.71 bits per heavy atom. The van der Waals surface area contributed by atoms with Crippen molar-refractivity contribution in [3.63, 3.8) is 0 Å². The van der Waals surface area contributed by atoms with Gasteiger partial charge in [-0.2, -0.15) is 5.26 Å². The van der Waals surface area contributed by atoms with Crippen molar-refractivity contribution in [3.8, 4) is 17.2 Å². The molecule has 1 saturated carbocycles. The second kappa shape index (κ2) is 8.38. The largest absolute Gasteiger partial charge is 0.444 e. The Balaban J connectivity index is 0.00000241. The molecule has 3 heterocycles. The molecule has 10 heteroatoms. The molecule has 4 atom stereocenters. The Morgan fingerprint density at radius 1 is 1.21 bits per heavy atom. The van der Waals surface area contributed by atoms with Crippen LogP contribution in [0.25, 0.3) is 11.1 Å². The number of H-pyrrole nitrogens is 1. The average molecular weight is 481 g/mol. The van der Waals surface area contributed by atoms with E-state index in [1.165, 1.54) is 11.0 Å². The van der Waals surface area contributed by atoms with Crippen LogP contribution in [-0.2, 0) is 16.6 Å². The fourth-order valence-electron chi connectivity index (χ4n) is 5.54. The maximum Gasteiger partial charge on any atom is 0.414 e. The summed E-state index contributed by atoms with van der Waals surface area (Å²) in [6.07, 6.45) is 1.15. The summed E-state index contributed by atoms with van der Waals surface area (Å²) in [6.45, 7) is 1.92. The van der Waals surface area contributed by atoms with Gasteiger partial charge in [0.15, 0.2) is 0 Å². The number of nitrogens with zero attached hydrogens (tertiary/aromatic N) is 4. The molecule has 2 saturated heterocycles. The Morgan fingerprint density at radius 2 is 2.00 bits per heavy atom. The molecular weight excluding hydrogens is 459 g/mol. The third kappa shape index (κ3) is 3.33. The van der Waals surface area contributed by atoms with Crippen molar-refractivity contribution in [3.05, 3.63) is 65.7 Å². The molecule has 0 spiro atoms. The molecule has 3 aromatic rings. The van der Waals surface area contributed by atoms with Crippen molar-refractivity contribution >= 4 is 24.2 Å². The van der Waals surface area contributed by atoms with Gasteiger partial charge in [0, 0.05) is 36.9 Å². The summed E-state index contributed by atoms with van der Waals surface area (Å²) in [6, 6.07) is 14.9. The molecule has 2 aromatic carbocycles. The molecule has 1 amide bonds. The average Bonchev–Trinajstić information content (AvgIpc) is 3.35. The number of rotatable bonds is 5. The van der Waals surface area contributed by atoms with E-state index in [4.69, 9.17) is 4.74 Å². The monoisotopic (exact) mass is 480 g/mol. The topological polar surface area (TPSA) is 107 Å². The van der Waals surface area contributed by atoms with Crippen molar-refractivity contribution in [1.82, 2.24) is 20.7 Å². The lowest BCUT2D eigenvalue weighted by Gasteiger charge is -2.19. The number of aromatic nitrogens is 3. The van der Waals surface area contributed by atoms with Crippen LogP contribution in [-0.4, -0.2) is 47.2 Å². The lowest BCUT2D eigenvalue weighted by Crippen LogP contribution is -2.25. The van der Waals surface area contributed by atoms with Crippen LogP contribution in [0.5, 0.6) is 0 Å². The standard InChI is InChI=1S/C24H21FN6O2.ClH/c25-22-8-15(31-12-16(33-23(31)32)7-14-9-28-30-29-14)5-6-18(22)17-3-1-2-4-19(17)24(13-26)20-10-27-11-21(20)24;/h1-6,8-9,16,20-21,27H,7,10-12H2,(H,28,29,30);1H/t16-,20+,21?,24-;/m1./s1. The molecule has 2 N–H and O–H groups in total. The van der Waals surface area contributed by atoms with Crippen LogP contribution in [0.3, 0.4) is 0 Å². The highest BCUT2D eigenvalue weighted by Crippen LogP contribution is 2.62. The van der Waals surface area contributed by atoms with Gasteiger partial charge in [-0.3, -0.25) is 10.00 Å². The van der Waals surface area contributed by atoms with Crippen molar-refractivity contribution < 1.29 is 13.9 Å². The summed E-state index contributed by atoms with van der Waals surface area (Å²) in [7, 11) is 0. The molecule has 8 nitrogen and oxygen atoms in total. The molecule has 0 bridgehead atoms. The molecule has 3 fully saturated rings. The highest BCUT2D eigenvalue weighted by atomic mass is 35.5. The van der Waals surface area contributed by atoms with Gasteiger partial charge in [0.2, 0.25) is 0 Å². The van der Waals surface area contributed by atoms with E-state index in [9.17, 15) is 10.1 Å². The third-order valence-corrected chi connectivity index (χ3v) is 7.17. The first-order valence-corrected chi connectivity index (χ1v) is 11.0. The number of carbonyl (C=O) groups is 1. The number of amides is 1. The van der Waals surface area contributed by atoms with Gasteiger partial charge in [-0.25, -0.2) is 9.18 Å². The Bertz CT molecular complexity index is 1270. The minimum absolute atomic E-state index is 0. The maximum atomic E-state index is 15.4. The van der Waals surface area contributed by atoms with Crippen molar-refractivity contribution in [2.75, 3.05) is 24.5 Å². The van der Waals surface area contributed by atoms with Crippen LogP contribution in [0.1, 0.15) is 11.3 Å². The maximum absolute atomic E-state index is 15.4. The lowest BCUT2D eigenvalue weighted by molar-refractivity contribution is 0.141. The molecule has 0 radical (unpaired) electrons. The van der Waals surface area contributed by atoms with Crippen LogP contribution in [0.4, 0.5) is 14.9 Å². The SMILES string of the molecule is Cl.N#C[C@]1(c2ccccc2-c2ccc(N3C[C@@H](Cc4cnn[nH]4)OC3=O)cc2F)C2CNC[C@@H]21. The number of hydrogen-bond donors (Lipinski definition) is 2. The van der Waals surface area contributed by atoms with E-state index in [1.807, 2.05) is 24.3 Å². The molecular formula is C24H22ClFN6O2. The summed E-state index contributed by atoms with van der Waals surface area (Å²) in [5.74, 6) is 0.0747. The normalized spacial score (nSPS) is 27.0. The fraction of sp³-hybridized carbons (Fsp3) is 0.333. The van der Waals surface area contributed by atoms with Crippen LogP contribution in [0.2, 0.25) is 0 Å². The highest BCUT2D eigenvalue weighted by molar-refractivity contribution is 5.90. The summed E-state index contributed by atoms with van der Waals surface area (Å²) in [4.78, 5) is 13.9. The van der Waals surface area contributed by atoms with Crippen LogP contribution >= 0.6 is 12.4 Å². The second-order valence-corrected chi connectivity index (χ2v) is 8.86. The van der Waals surface area contributed by atoms with E-state index >= 15 is 4.39 Å². The number of aromatic amines is 1. The number of nitrogens with one attached hydrogen (secondary N) is 2. The number of ether oxygens (including phenoxy) is 1. The Labute approximate surface area is 201 Å². The minimum Gasteiger partial charge on any atom is -0.444 e. The zero-order chi connectivity index (χ0) is 22.6. The number of fused-ring (bicyclic) bond motifs is 1. The van der Waals surface area contributed by atoms with Crippen molar-refractivity contribution in [1.29, 1.82) is 5.26 Å². The Kier molecular flexibility index (Phi) is 5.50. The number of benzene rings is 2. The van der Waals surface area contributed by atoms with Crippen molar-refractivity contribution in [2.24, 2.45) is 11.8 Å². The predicted molar refractivity (Wildman–Crippen MR) is 124 cm³/mol. The van der Waals surface area contributed by atoms with Gasteiger partial charge >= 0.3 is 6.09 Å². The summed E-state index contributed by atoms with van der Waals surface area (Å²) in [5.41, 5.74) is 2.66. The highest BCUT2D eigenvalue weighted by Gasteiger charge is 2.68. The lowest BCUT2D eigenvalue weighted by atomic mass is 9.85. The third-order valence-electron chi connectivity index (χ3n) is 7.17. The number of cyclic esters (lactones) is 1. The number of carbonyl (C=O) groups excluding carboxylic acids is 1. The summed E-state index contributed by atoms with van der Waals surface area (Å²) < 4.78 is 20.8. The van der Waals surface area contributed by atoms with Gasteiger partial charge in [-0.15, -0.1) is 17.5 Å². The number of hydrogen-bond acceptors (Lipinski definition) is 6. The van der Waals surface area contributed by atoms with Crippen LogP contribution in [0, 0.1) is 29.0 Å². The molecule has 6 rings (SSSR count).